The number of unbranched alkanes of at least 4 members (excludes halogenated alkanes) is 10. The number of alkyl halides is 34. The van der Waals surface area contributed by atoms with Crippen molar-refractivity contribution in [3.05, 3.63) is 24.3 Å². The van der Waals surface area contributed by atoms with Crippen molar-refractivity contribution >= 4 is 19.8 Å². The predicted octanol–water partition coefficient (Wildman–Crippen LogP) is 16.9. The molecule has 0 bridgehead atoms. The Morgan fingerprint density at radius 3 is 1.00 bits per heavy atom. The number of phosphoric ester groups is 1. The smallest absolute Gasteiger partial charge is 0.462 e. The fourth-order valence-electron chi connectivity index (χ4n) is 6.41. The van der Waals surface area contributed by atoms with Crippen molar-refractivity contribution in [1.29, 1.82) is 0 Å². The van der Waals surface area contributed by atoms with E-state index in [9.17, 15) is 168 Å². The molecule has 0 amide bonds. The zero-order valence-corrected chi connectivity index (χ0v) is 45.6. The standard InChI is InChI=1S/C44H50F34NO8P/c1-79(2,3)22-23-85-88(82,83)86-25-26(87-28(81)19-15-11-7-5-9-13-17-21-30(47,48)32(51,52)34(55,56)36(59,60)38(63,64)40(67,68)42(71,72)44(76,77)78)24-84-27(80)18-14-10-6-4-8-12-16-20-29(45,46)31(49,50)33(53,54)35(57,58)37(61,62)39(65,66)41(69,70)43(73,74)75/h16-17,20-21,26H,4-15,18-19,22-25H2,1-3H3/p+1/b20-16+,21-17+. The van der Waals surface area contributed by atoms with E-state index in [0.29, 0.717) is 0 Å². The highest BCUT2D eigenvalue weighted by Gasteiger charge is 2.97. The van der Waals surface area contributed by atoms with E-state index in [-0.39, 0.29) is 87.6 Å². The Morgan fingerprint density at radius 1 is 0.398 bits per heavy atom. The van der Waals surface area contributed by atoms with E-state index in [1.807, 2.05) is 0 Å². The van der Waals surface area contributed by atoms with Crippen LogP contribution >= 0.6 is 7.82 Å². The Labute approximate surface area is 474 Å². The van der Waals surface area contributed by atoms with Crippen LogP contribution in [0.4, 0.5) is 149 Å². The molecule has 0 saturated heterocycles. The molecule has 2 unspecified atom stereocenters. The van der Waals surface area contributed by atoms with Gasteiger partial charge >= 0.3 is 115 Å². The Balaban J connectivity index is 5.53. The third-order valence-electron chi connectivity index (χ3n) is 11.8. The molecule has 1 N–H and O–H groups in total. The van der Waals surface area contributed by atoms with Gasteiger partial charge in [0.1, 0.15) is 19.8 Å². The first-order valence-corrected chi connectivity index (χ1v) is 25.8. The molecule has 0 saturated carbocycles. The second-order valence-electron chi connectivity index (χ2n) is 20.0. The molecule has 2 atom stereocenters. The SMILES string of the molecule is C[N+](C)(C)CCOP(=O)(O)OCC(COC(=O)CCCCCCC/C=C/C(F)(F)C(F)(F)C(F)(F)C(F)(F)C(F)(F)C(F)(F)C(F)(F)C(F)(F)F)OC(=O)CCCCCCC/C=C/C(F)(F)C(F)(F)C(F)(F)C(F)(F)C(F)(F)C(F)(F)C(F)(F)C(F)(F)F. The molecular weight excluding hydrogens is 1350 g/mol. The van der Waals surface area contributed by atoms with Crippen LogP contribution in [0.5, 0.6) is 0 Å². The summed E-state index contributed by atoms with van der Waals surface area (Å²) in [5.41, 5.74) is 0. The van der Waals surface area contributed by atoms with Crippen molar-refractivity contribution in [2.45, 2.75) is 191 Å². The molecule has 0 rings (SSSR count). The lowest BCUT2D eigenvalue weighted by molar-refractivity contribution is -0.870. The number of rotatable bonds is 40. The minimum atomic E-state index is -8.79. The summed E-state index contributed by atoms with van der Waals surface area (Å²) in [6.45, 7) is -2.20. The van der Waals surface area contributed by atoms with Gasteiger partial charge < -0.3 is 18.9 Å². The van der Waals surface area contributed by atoms with Crippen LogP contribution in [0.1, 0.15) is 89.9 Å². The molecule has 0 aliphatic carbocycles. The normalized spacial score (nSPS) is 16.4. The van der Waals surface area contributed by atoms with Crippen molar-refractivity contribution in [2.75, 3.05) is 47.5 Å². The van der Waals surface area contributed by atoms with E-state index in [1.54, 1.807) is 21.1 Å². The molecule has 0 spiro atoms. The first-order valence-electron chi connectivity index (χ1n) is 24.3. The van der Waals surface area contributed by atoms with Gasteiger partial charge in [-0.1, -0.05) is 50.7 Å². The molecule has 522 valence electrons. The molecule has 0 aliphatic rings. The lowest BCUT2D eigenvalue weighted by Crippen LogP contribution is -2.74. The fourth-order valence-corrected chi connectivity index (χ4v) is 7.15. The highest BCUT2D eigenvalue weighted by molar-refractivity contribution is 7.47. The number of hydrogen-bond donors (Lipinski definition) is 1. The third-order valence-corrected chi connectivity index (χ3v) is 12.8. The average Bonchev–Trinajstić information content (AvgIpc) is 0.710. The average molecular weight is 1400 g/mol. The van der Waals surface area contributed by atoms with E-state index in [0.717, 1.165) is 0 Å². The molecule has 44 heteroatoms. The zero-order chi connectivity index (χ0) is 70.1. The van der Waals surface area contributed by atoms with Crippen molar-refractivity contribution in [2.24, 2.45) is 0 Å². The summed E-state index contributed by atoms with van der Waals surface area (Å²) in [4.78, 5) is 35.0. The second-order valence-corrected chi connectivity index (χ2v) is 21.4. The number of esters is 2. The number of carbonyl (C=O) groups excluding carboxylic acids is 2. The number of carbonyl (C=O) groups is 2. The molecule has 0 aromatic carbocycles. The maximum atomic E-state index is 14.1. The van der Waals surface area contributed by atoms with Gasteiger partial charge in [-0.25, -0.2) is 4.57 Å². The van der Waals surface area contributed by atoms with Gasteiger partial charge in [-0.3, -0.25) is 18.6 Å². The van der Waals surface area contributed by atoms with Gasteiger partial charge in [0.15, 0.2) is 6.10 Å². The van der Waals surface area contributed by atoms with E-state index in [4.69, 9.17) is 18.5 Å². The molecule has 9 nitrogen and oxygen atoms in total. The predicted molar refractivity (Wildman–Crippen MR) is 230 cm³/mol. The van der Waals surface area contributed by atoms with Crippen molar-refractivity contribution < 1.29 is 191 Å². The number of nitrogens with zero attached hydrogens (tertiary/aromatic N) is 1. The number of halogens is 34. The molecule has 0 aromatic heterocycles. The van der Waals surface area contributed by atoms with Crippen LogP contribution in [0.3, 0.4) is 0 Å². The molecule has 88 heavy (non-hydrogen) atoms. The summed E-state index contributed by atoms with van der Waals surface area (Å²) in [5, 5.41) is 0. The minimum absolute atomic E-state index is 0.00679. The monoisotopic (exact) mass is 1400 g/mol. The van der Waals surface area contributed by atoms with Gasteiger partial charge in [0, 0.05) is 12.8 Å². The molecule has 0 radical (unpaired) electrons. The molecular formula is C44H51F34NO8P+. The number of ether oxygens (including phenoxy) is 2. The van der Waals surface area contributed by atoms with Gasteiger partial charge in [0.05, 0.1) is 27.7 Å². The lowest BCUT2D eigenvalue weighted by atomic mass is 9.89. The van der Waals surface area contributed by atoms with Crippen LogP contribution in [-0.2, 0) is 32.7 Å². The van der Waals surface area contributed by atoms with Crippen molar-refractivity contribution in [3.63, 3.8) is 0 Å². The highest BCUT2D eigenvalue weighted by atomic mass is 31.2. The summed E-state index contributed by atoms with van der Waals surface area (Å²) in [6, 6.07) is 0. The molecule has 0 heterocycles. The largest absolute Gasteiger partial charge is 0.472 e. The van der Waals surface area contributed by atoms with E-state index < -0.39 is 179 Å². The number of phosphoric acid groups is 1. The van der Waals surface area contributed by atoms with Gasteiger partial charge in [-0.15, -0.1) is 0 Å². The second kappa shape index (κ2) is 29.0. The van der Waals surface area contributed by atoms with Gasteiger partial charge in [0.2, 0.25) is 0 Å². The summed E-state index contributed by atoms with van der Waals surface area (Å²) >= 11 is 0. The van der Waals surface area contributed by atoms with Crippen LogP contribution < -0.4 is 0 Å². The van der Waals surface area contributed by atoms with E-state index in [1.165, 1.54) is 0 Å². The van der Waals surface area contributed by atoms with Crippen LogP contribution in [0, 0.1) is 0 Å². The third kappa shape index (κ3) is 18.4. The van der Waals surface area contributed by atoms with Crippen LogP contribution in [0.15, 0.2) is 24.3 Å². The topological polar surface area (TPSA) is 108 Å². The van der Waals surface area contributed by atoms with Crippen LogP contribution in [0.25, 0.3) is 0 Å². The molecule has 0 aliphatic heterocycles. The quantitative estimate of drug-likeness (QED) is 0.0161. The number of allylic oxidation sites excluding steroid dienone is 4. The maximum absolute atomic E-state index is 14.1. The van der Waals surface area contributed by atoms with E-state index >= 15 is 0 Å². The number of likely N-dealkylation sites (N-methyl/N-ethyl adjacent to an activating group) is 1. The lowest BCUT2D eigenvalue weighted by Gasteiger charge is -2.42. The summed E-state index contributed by atoms with van der Waals surface area (Å²) in [7, 11) is 0.0239. The van der Waals surface area contributed by atoms with Crippen LogP contribution in [-0.4, -0.2) is 170 Å². The number of quaternary nitrogens is 1. The Bertz CT molecular complexity index is 2350. The first-order chi connectivity index (χ1) is 38.8. The Morgan fingerprint density at radius 2 is 0.682 bits per heavy atom. The van der Waals surface area contributed by atoms with E-state index in [2.05, 4.69) is 0 Å². The molecule has 0 aromatic rings. The molecule has 0 fully saturated rings. The summed E-state index contributed by atoms with van der Waals surface area (Å²) in [6.07, 6.45) is -24.6. The number of hydrogen-bond acceptors (Lipinski definition) is 7. The highest BCUT2D eigenvalue weighted by Crippen LogP contribution is 2.66. The minimum Gasteiger partial charge on any atom is -0.462 e. The zero-order valence-electron chi connectivity index (χ0n) is 44.7. The first kappa shape index (κ1) is 84.1. The Kier molecular flexibility index (Phi) is 27.7. The van der Waals surface area contributed by atoms with Gasteiger partial charge in [-0.05, 0) is 50.7 Å². The van der Waals surface area contributed by atoms with Gasteiger partial charge in [0.25, 0.3) is 0 Å². The Hall–Kier alpha value is -3.89. The van der Waals surface area contributed by atoms with Crippen molar-refractivity contribution in [3.8, 4) is 0 Å². The van der Waals surface area contributed by atoms with Gasteiger partial charge in [-0.2, -0.15) is 149 Å². The fraction of sp³-hybridized carbons (Fsp3) is 0.864. The van der Waals surface area contributed by atoms with Crippen LogP contribution in [0.2, 0.25) is 0 Å². The maximum Gasteiger partial charge on any atom is 0.472 e. The van der Waals surface area contributed by atoms with Crippen molar-refractivity contribution in [1.82, 2.24) is 0 Å². The summed E-state index contributed by atoms with van der Waals surface area (Å²) < 4.78 is 490. The summed E-state index contributed by atoms with van der Waals surface area (Å²) in [5.74, 6) is -117.